The van der Waals surface area contributed by atoms with Gasteiger partial charge >= 0.3 is 0 Å². The Morgan fingerprint density at radius 1 is 1.32 bits per heavy atom. The van der Waals surface area contributed by atoms with Crippen molar-refractivity contribution in [1.82, 2.24) is 14.7 Å². The Hall–Kier alpha value is -1.93. The van der Waals surface area contributed by atoms with Crippen molar-refractivity contribution in [2.75, 3.05) is 16.6 Å². The molecule has 1 aliphatic rings. The lowest BCUT2D eigenvalue weighted by atomic mass is 9.88. The molecule has 2 aromatic rings. The Balaban J connectivity index is 0.00000166. The van der Waals surface area contributed by atoms with Crippen molar-refractivity contribution in [1.29, 1.82) is 0 Å². The summed E-state index contributed by atoms with van der Waals surface area (Å²) in [5.41, 5.74) is 6.32. The molecule has 0 spiro atoms. The molecule has 1 aliphatic heterocycles. The molecule has 2 heterocycles. The average molecular weight is 469 g/mol. The first-order valence-corrected chi connectivity index (χ1v) is 11.8. The maximum absolute atomic E-state index is 14.5. The third-order valence-corrected chi connectivity index (χ3v) is 6.76. The fourth-order valence-corrected chi connectivity index (χ4v) is 4.71. The van der Waals surface area contributed by atoms with Crippen LogP contribution in [0, 0.1) is 30.4 Å². The van der Waals surface area contributed by atoms with Crippen LogP contribution in [0.5, 0.6) is 0 Å². The Labute approximate surface area is 191 Å². The van der Waals surface area contributed by atoms with E-state index in [0.29, 0.717) is 23.8 Å². The van der Waals surface area contributed by atoms with Gasteiger partial charge in [0.05, 0.1) is 10.6 Å². The quantitative estimate of drug-likeness (QED) is 0.319. The molecule has 4 unspecified atom stereocenters. The highest BCUT2D eigenvalue weighted by Gasteiger charge is 2.24. The molecule has 170 valence electrons. The number of hydrogen-bond donors (Lipinski definition) is 4. The van der Waals surface area contributed by atoms with E-state index in [1.165, 1.54) is 31.3 Å². The maximum Gasteiger partial charge on any atom is 0.212 e. The van der Waals surface area contributed by atoms with Gasteiger partial charge in [0.25, 0.3) is 0 Å². The fourth-order valence-electron chi connectivity index (χ4n) is 3.57. The van der Waals surface area contributed by atoms with Crippen molar-refractivity contribution in [3.05, 3.63) is 30.1 Å². The molecule has 0 radical (unpaired) electrons. The molecule has 0 bridgehead atoms. The number of anilines is 2. The Morgan fingerprint density at radius 3 is 2.74 bits per heavy atom. The monoisotopic (exact) mass is 468 g/mol. The van der Waals surface area contributed by atoms with Gasteiger partial charge < -0.3 is 21.1 Å². The van der Waals surface area contributed by atoms with Crippen LogP contribution in [0.15, 0.2) is 23.4 Å². The number of hydrogen-bond acceptors (Lipinski definition) is 8. The number of piperidine rings is 1. The van der Waals surface area contributed by atoms with Gasteiger partial charge in [-0.3, -0.25) is 0 Å². The van der Waals surface area contributed by atoms with E-state index in [0.717, 1.165) is 36.3 Å². The number of nitrogens with zero attached hydrogens (tertiary/aromatic N) is 2. The molecule has 1 fully saturated rings. The maximum atomic E-state index is 14.5. The van der Waals surface area contributed by atoms with Crippen LogP contribution in [-0.2, 0) is 0 Å². The van der Waals surface area contributed by atoms with Crippen molar-refractivity contribution >= 4 is 34.3 Å². The van der Waals surface area contributed by atoms with Crippen molar-refractivity contribution in [2.45, 2.75) is 62.6 Å². The number of nitrogens with two attached hydrogens (primary N) is 1. The second-order valence-electron chi connectivity index (χ2n) is 7.64. The molecule has 6 nitrogen and oxygen atoms in total. The molecule has 1 aromatic heterocycles. The topological polar surface area (TPSA) is 87.9 Å². The van der Waals surface area contributed by atoms with Crippen LogP contribution in [-0.4, -0.2) is 34.0 Å². The van der Waals surface area contributed by atoms with Crippen LogP contribution >= 0.6 is 23.5 Å². The zero-order chi connectivity index (χ0) is 22.8. The van der Waals surface area contributed by atoms with Crippen LogP contribution in [0.3, 0.4) is 0 Å². The molecule has 1 saturated heterocycles. The molecular formula is C21H30F2N6S2. The van der Waals surface area contributed by atoms with Gasteiger partial charge in [-0.15, -0.1) is 12.8 Å². The predicted octanol–water partition coefficient (Wildman–Crippen LogP) is 4.48. The van der Waals surface area contributed by atoms with Gasteiger partial charge in [0.15, 0.2) is 0 Å². The van der Waals surface area contributed by atoms with E-state index in [1.54, 1.807) is 0 Å². The van der Waals surface area contributed by atoms with E-state index in [4.69, 9.17) is 5.73 Å². The average Bonchev–Trinajstić information content (AvgIpc) is 3.27. The lowest BCUT2D eigenvalue weighted by molar-refractivity contribution is 0.276. The first-order chi connectivity index (χ1) is 14.9. The number of terminal acetylenes is 1. The molecule has 0 saturated carbocycles. The fraction of sp³-hybridized carbons (Fsp3) is 0.524. The highest BCUT2D eigenvalue weighted by Crippen LogP contribution is 2.29. The summed E-state index contributed by atoms with van der Waals surface area (Å²) in [6, 6.07) is 3.27. The van der Waals surface area contributed by atoms with Crippen LogP contribution in [0.4, 0.5) is 19.6 Å². The van der Waals surface area contributed by atoms with Crippen LogP contribution in [0.1, 0.15) is 39.5 Å². The molecule has 0 aliphatic carbocycles. The first-order valence-electron chi connectivity index (χ1n) is 10.2. The summed E-state index contributed by atoms with van der Waals surface area (Å²) in [5, 5.41) is 7.21. The summed E-state index contributed by atoms with van der Waals surface area (Å²) in [7, 11) is 0. The van der Waals surface area contributed by atoms with Gasteiger partial charge in [-0.05, 0) is 57.0 Å². The van der Waals surface area contributed by atoms with Gasteiger partial charge in [-0.25, -0.2) is 13.8 Å². The lowest BCUT2D eigenvalue weighted by Crippen LogP contribution is -2.44. The number of aromatic nitrogens is 2. The molecule has 31 heavy (non-hydrogen) atoms. The van der Waals surface area contributed by atoms with E-state index in [9.17, 15) is 8.78 Å². The van der Waals surface area contributed by atoms with E-state index < -0.39 is 11.6 Å². The highest BCUT2D eigenvalue weighted by molar-refractivity contribution is 8.00. The van der Waals surface area contributed by atoms with Gasteiger partial charge in [0, 0.05) is 42.3 Å². The molecule has 0 amide bonds. The van der Waals surface area contributed by atoms with Crippen molar-refractivity contribution in [2.24, 2.45) is 11.7 Å². The Bertz CT molecular complexity index is 816. The third-order valence-electron chi connectivity index (χ3n) is 5.23. The summed E-state index contributed by atoms with van der Waals surface area (Å²) in [5.74, 6) is -0.842. The molecule has 1 aromatic carbocycles. The second-order valence-corrected chi connectivity index (χ2v) is 9.27. The normalized spacial score (nSPS) is 20.2. The lowest BCUT2D eigenvalue weighted by Gasteiger charge is -2.33. The van der Waals surface area contributed by atoms with Gasteiger partial charge in [0.1, 0.15) is 18.0 Å². The molecule has 10 heteroatoms. The van der Waals surface area contributed by atoms with Crippen LogP contribution in [0.2, 0.25) is 0 Å². The Kier molecular flexibility index (Phi) is 10.5. The minimum atomic E-state index is -0.504. The minimum Gasteiger partial charge on any atom is -0.382 e. The molecule has 5 N–H and O–H groups in total. The number of halogens is 2. The van der Waals surface area contributed by atoms with Gasteiger partial charge in [-0.1, -0.05) is 6.42 Å². The van der Waals surface area contributed by atoms with Gasteiger partial charge in [-0.2, -0.15) is 4.37 Å². The minimum absolute atomic E-state index is 0.0413. The largest absolute Gasteiger partial charge is 0.382 e. The number of rotatable bonds is 9. The smallest absolute Gasteiger partial charge is 0.212 e. The van der Waals surface area contributed by atoms with E-state index in [2.05, 4.69) is 44.5 Å². The van der Waals surface area contributed by atoms with Gasteiger partial charge in [0.2, 0.25) is 5.13 Å². The second kappa shape index (κ2) is 12.8. The van der Waals surface area contributed by atoms with Crippen LogP contribution < -0.4 is 21.1 Å². The SMILES string of the molecule is C#C.CC1CCCC(CC(CNc2cc(F)c(SNc3ncns3)cc2F)C(C)N)N1. The highest BCUT2D eigenvalue weighted by atomic mass is 32.2. The summed E-state index contributed by atoms with van der Waals surface area (Å²) in [6.45, 7) is 4.66. The zero-order valence-corrected chi connectivity index (χ0v) is 19.4. The zero-order valence-electron chi connectivity index (χ0n) is 17.8. The third kappa shape index (κ3) is 7.92. The summed E-state index contributed by atoms with van der Waals surface area (Å²) < 4.78 is 35.6. The summed E-state index contributed by atoms with van der Waals surface area (Å²) in [6.07, 6.45) is 13.8. The number of nitrogens with one attached hydrogen (secondary N) is 3. The number of benzene rings is 1. The van der Waals surface area contributed by atoms with Crippen molar-refractivity contribution < 1.29 is 8.78 Å². The van der Waals surface area contributed by atoms with Crippen LogP contribution in [0.25, 0.3) is 0 Å². The van der Waals surface area contributed by atoms with Crippen molar-refractivity contribution in [3.63, 3.8) is 0 Å². The summed E-state index contributed by atoms with van der Waals surface area (Å²) >= 11 is 2.11. The van der Waals surface area contributed by atoms with Crippen molar-refractivity contribution in [3.8, 4) is 12.8 Å². The molecular weight excluding hydrogens is 438 g/mol. The molecule has 3 rings (SSSR count). The first kappa shape index (κ1) is 25.3. The Morgan fingerprint density at radius 2 is 2.10 bits per heavy atom. The van der Waals surface area contributed by atoms with E-state index in [-0.39, 0.29) is 22.5 Å². The standard InChI is InChI=1S/C19H28F2N6S2.C2H2/c1-11-4-3-5-14(26-11)6-13(12(2)22)9-23-17-7-16(21)18(8-15(17)20)28-27-19-24-10-25-29-19;1-2/h7-8,10-14,23,26H,3-6,9,22H2,1-2H3,(H,24,25,27);1-2H. The van der Waals surface area contributed by atoms with E-state index >= 15 is 0 Å². The molecule has 4 atom stereocenters. The summed E-state index contributed by atoms with van der Waals surface area (Å²) in [4.78, 5) is 4.11. The van der Waals surface area contributed by atoms with E-state index in [1.807, 2.05) is 6.92 Å². The predicted molar refractivity (Wildman–Crippen MR) is 126 cm³/mol.